The minimum Gasteiger partial charge on any atom is -0.490 e. The van der Waals surface area contributed by atoms with E-state index in [2.05, 4.69) is 0 Å². The van der Waals surface area contributed by atoms with Crippen LogP contribution in [0.3, 0.4) is 0 Å². The maximum absolute atomic E-state index is 10.5. The van der Waals surface area contributed by atoms with Crippen LogP contribution in [-0.4, -0.2) is 18.1 Å². The van der Waals surface area contributed by atoms with Crippen molar-refractivity contribution in [3.63, 3.8) is 0 Å². The Labute approximate surface area is 121 Å². The molecule has 0 atom stereocenters. The molecule has 0 unspecified atom stereocenters. The van der Waals surface area contributed by atoms with Gasteiger partial charge in [-0.3, -0.25) is 10.1 Å². The molecule has 0 heterocycles. The number of nitro benzene ring substituents is 1. The van der Waals surface area contributed by atoms with Crippen molar-refractivity contribution in [2.24, 2.45) is 0 Å². The van der Waals surface area contributed by atoms with Gasteiger partial charge in [0.15, 0.2) is 0 Å². The second-order valence-corrected chi connectivity index (χ2v) is 4.09. The van der Waals surface area contributed by atoms with Crippen LogP contribution in [0.1, 0.15) is 5.56 Å². The van der Waals surface area contributed by atoms with Crippen molar-refractivity contribution < 1.29 is 14.4 Å². The number of nitro groups is 1. The molecule has 6 nitrogen and oxygen atoms in total. The number of benzene rings is 2. The molecule has 21 heavy (non-hydrogen) atoms. The number of non-ortho nitro benzene ring substituents is 1. The Morgan fingerprint density at radius 1 is 1.05 bits per heavy atom. The zero-order chi connectivity index (χ0) is 15.1. The Bertz CT molecular complexity index is 662. The Morgan fingerprint density at radius 2 is 1.71 bits per heavy atom. The number of hydrogen-bond donors (Lipinski definition) is 0. The Balaban J connectivity index is 1.79. The molecular formula is C15H12N2O4. The number of hydrogen-bond acceptors (Lipinski definition) is 5. The summed E-state index contributed by atoms with van der Waals surface area (Å²) in [7, 11) is 0. The summed E-state index contributed by atoms with van der Waals surface area (Å²) in [6.07, 6.45) is 0. The molecule has 2 rings (SSSR count). The Kier molecular flexibility index (Phi) is 4.72. The molecule has 0 aliphatic heterocycles. The summed E-state index contributed by atoms with van der Waals surface area (Å²) >= 11 is 0. The van der Waals surface area contributed by atoms with E-state index < -0.39 is 4.92 Å². The van der Waals surface area contributed by atoms with Gasteiger partial charge in [-0.05, 0) is 30.3 Å². The molecular weight excluding hydrogens is 272 g/mol. The van der Waals surface area contributed by atoms with Gasteiger partial charge < -0.3 is 9.47 Å². The third-order valence-electron chi connectivity index (χ3n) is 2.63. The van der Waals surface area contributed by atoms with Gasteiger partial charge in [-0.1, -0.05) is 6.07 Å². The Hall–Kier alpha value is -3.07. The predicted octanol–water partition coefficient (Wildman–Crippen LogP) is 2.92. The highest BCUT2D eigenvalue weighted by molar-refractivity contribution is 5.36. The summed E-state index contributed by atoms with van der Waals surface area (Å²) in [4.78, 5) is 10.0. The van der Waals surface area contributed by atoms with Crippen molar-refractivity contribution >= 4 is 5.69 Å². The molecule has 0 spiro atoms. The fraction of sp³-hybridized carbons (Fsp3) is 0.133. The van der Waals surface area contributed by atoms with Crippen LogP contribution in [0.5, 0.6) is 11.5 Å². The lowest BCUT2D eigenvalue weighted by molar-refractivity contribution is -0.384. The van der Waals surface area contributed by atoms with Crippen LogP contribution in [0, 0.1) is 21.4 Å². The van der Waals surface area contributed by atoms with E-state index in [0.29, 0.717) is 30.3 Å². The highest BCUT2D eigenvalue weighted by atomic mass is 16.6. The molecule has 2 aromatic rings. The molecule has 6 heteroatoms. The number of nitrogens with zero attached hydrogens (tertiary/aromatic N) is 2. The molecule has 0 bridgehead atoms. The van der Waals surface area contributed by atoms with E-state index in [9.17, 15) is 10.1 Å². The predicted molar refractivity (Wildman–Crippen MR) is 75.2 cm³/mol. The summed E-state index contributed by atoms with van der Waals surface area (Å²) in [5.74, 6) is 1.14. The van der Waals surface area contributed by atoms with Crippen LogP contribution < -0.4 is 9.47 Å². The quantitative estimate of drug-likeness (QED) is 0.462. The molecule has 106 valence electrons. The van der Waals surface area contributed by atoms with E-state index in [1.807, 2.05) is 6.07 Å². The highest BCUT2D eigenvalue weighted by Crippen LogP contribution is 2.17. The smallest absolute Gasteiger partial charge is 0.269 e. The van der Waals surface area contributed by atoms with E-state index in [1.54, 1.807) is 24.3 Å². The summed E-state index contributed by atoms with van der Waals surface area (Å²) in [6, 6.07) is 14.7. The first-order valence-electron chi connectivity index (χ1n) is 6.19. The molecule has 2 aromatic carbocycles. The Morgan fingerprint density at radius 3 is 2.33 bits per heavy atom. The van der Waals surface area contributed by atoms with E-state index in [4.69, 9.17) is 14.7 Å². The minimum atomic E-state index is -0.463. The topological polar surface area (TPSA) is 85.4 Å². The third kappa shape index (κ3) is 4.21. The lowest BCUT2D eigenvalue weighted by Gasteiger charge is -2.08. The highest BCUT2D eigenvalue weighted by Gasteiger charge is 2.04. The average Bonchev–Trinajstić information content (AvgIpc) is 2.52. The van der Waals surface area contributed by atoms with Crippen LogP contribution in [0.4, 0.5) is 5.69 Å². The fourth-order valence-corrected chi connectivity index (χ4v) is 1.64. The van der Waals surface area contributed by atoms with Gasteiger partial charge in [0, 0.05) is 12.1 Å². The van der Waals surface area contributed by atoms with E-state index in [0.717, 1.165) is 0 Å². The summed E-state index contributed by atoms with van der Waals surface area (Å²) in [5.41, 5.74) is 0.552. The van der Waals surface area contributed by atoms with E-state index >= 15 is 0 Å². The first-order valence-corrected chi connectivity index (χ1v) is 6.19. The van der Waals surface area contributed by atoms with Crippen LogP contribution in [0.2, 0.25) is 0 Å². The molecule has 0 N–H and O–H groups in total. The van der Waals surface area contributed by atoms with Crippen molar-refractivity contribution in [1.29, 1.82) is 5.26 Å². The van der Waals surface area contributed by atoms with Crippen molar-refractivity contribution in [2.45, 2.75) is 0 Å². The maximum Gasteiger partial charge on any atom is 0.269 e. The van der Waals surface area contributed by atoms with Gasteiger partial charge >= 0.3 is 0 Å². The normalized spacial score (nSPS) is 9.67. The van der Waals surface area contributed by atoms with Crippen molar-refractivity contribution in [3.05, 3.63) is 64.2 Å². The average molecular weight is 284 g/mol. The summed E-state index contributed by atoms with van der Waals surface area (Å²) in [6.45, 7) is 0.612. The number of ether oxygens (including phenoxy) is 2. The van der Waals surface area contributed by atoms with E-state index in [1.165, 1.54) is 24.3 Å². The van der Waals surface area contributed by atoms with Gasteiger partial charge in [0.25, 0.3) is 5.69 Å². The fourth-order valence-electron chi connectivity index (χ4n) is 1.64. The molecule has 0 saturated heterocycles. The largest absolute Gasteiger partial charge is 0.490 e. The zero-order valence-corrected chi connectivity index (χ0v) is 11.1. The van der Waals surface area contributed by atoms with Gasteiger partial charge in [-0.15, -0.1) is 0 Å². The van der Waals surface area contributed by atoms with Gasteiger partial charge in [0.1, 0.15) is 24.7 Å². The van der Waals surface area contributed by atoms with Gasteiger partial charge in [0.05, 0.1) is 16.6 Å². The SMILES string of the molecule is N#Cc1cccc(OCCOc2ccc([N+](=O)[O-])cc2)c1. The van der Waals surface area contributed by atoms with Gasteiger partial charge in [-0.2, -0.15) is 5.26 Å². The summed E-state index contributed by atoms with van der Waals surface area (Å²) < 4.78 is 10.9. The van der Waals surface area contributed by atoms with Gasteiger partial charge in [-0.25, -0.2) is 0 Å². The second kappa shape index (κ2) is 6.91. The molecule has 0 radical (unpaired) electrons. The lowest BCUT2D eigenvalue weighted by atomic mass is 10.2. The third-order valence-corrected chi connectivity index (χ3v) is 2.63. The lowest BCUT2D eigenvalue weighted by Crippen LogP contribution is -2.09. The van der Waals surface area contributed by atoms with Crippen LogP contribution in [-0.2, 0) is 0 Å². The minimum absolute atomic E-state index is 0.0203. The summed E-state index contributed by atoms with van der Waals surface area (Å²) in [5, 5.41) is 19.3. The van der Waals surface area contributed by atoms with Crippen LogP contribution in [0.15, 0.2) is 48.5 Å². The first kappa shape index (κ1) is 14.3. The zero-order valence-electron chi connectivity index (χ0n) is 11.1. The van der Waals surface area contributed by atoms with Gasteiger partial charge in [0.2, 0.25) is 0 Å². The monoisotopic (exact) mass is 284 g/mol. The van der Waals surface area contributed by atoms with Crippen molar-refractivity contribution in [1.82, 2.24) is 0 Å². The molecule has 0 aliphatic carbocycles. The number of nitriles is 1. The molecule has 0 fully saturated rings. The standard InChI is InChI=1S/C15H12N2O4/c16-11-12-2-1-3-15(10-12)21-9-8-20-14-6-4-13(5-7-14)17(18)19/h1-7,10H,8-9H2. The van der Waals surface area contributed by atoms with Crippen LogP contribution >= 0.6 is 0 Å². The van der Waals surface area contributed by atoms with E-state index in [-0.39, 0.29) is 5.69 Å². The van der Waals surface area contributed by atoms with Crippen molar-refractivity contribution in [2.75, 3.05) is 13.2 Å². The molecule has 0 amide bonds. The second-order valence-electron chi connectivity index (χ2n) is 4.09. The maximum atomic E-state index is 10.5. The molecule has 0 aliphatic rings. The molecule has 0 aromatic heterocycles. The van der Waals surface area contributed by atoms with Crippen molar-refractivity contribution in [3.8, 4) is 17.6 Å². The molecule has 0 saturated carbocycles. The first-order chi connectivity index (χ1) is 10.2. The number of rotatable bonds is 6. The van der Waals surface area contributed by atoms with Crippen LogP contribution in [0.25, 0.3) is 0 Å².